The maximum Gasteiger partial charge on any atom is 0.353 e. The molecule has 2 rings (SSSR count). The molecule has 1 aromatic heterocycles. The number of aryl methyl sites for hydroxylation is 2. The van der Waals surface area contributed by atoms with E-state index in [1.807, 2.05) is 32.0 Å². The molecule has 7 nitrogen and oxygen atoms in total. The Morgan fingerprint density at radius 3 is 2.48 bits per heavy atom. The van der Waals surface area contributed by atoms with Crippen molar-refractivity contribution >= 4 is 17.7 Å². The van der Waals surface area contributed by atoms with Crippen molar-refractivity contribution in [2.24, 2.45) is 0 Å². The molecule has 2 aromatic rings. The fourth-order valence-corrected chi connectivity index (χ4v) is 1.84. The van der Waals surface area contributed by atoms with Gasteiger partial charge < -0.3 is 15.2 Å². The van der Waals surface area contributed by atoms with Crippen LogP contribution in [0.4, 0.5) is 5.82 Å². The summed E-state index contributed by atoms with van der Waals surface area (Å²) in [6, 6.07) is 6.90. The van der Waals surface area contributed by atoms with Gasteiger partial charge >= 0.3 is 5.97 Å². The molecule has 1 heterocycles. The molecular formula is C14H15N3O4. The molecule has 0 saturated heterocycles. The van der Waals surface area contributed by atoms with Crippen molar-refractivity contribution in [3.63, 3.8) is 0 Å². The van der Waals surface area contributed by atoms with Crippen LogP contribution in [0.3, 0.4) is 0 Å². The van der Waals surface area contributed by atoms with Crippen LogP contribution in [0.5, 0.6) is 5.75 Å². The Labute approximate surface area is 120 Å². The Hall–Kier alpha value is -2.83. The van der Waals surface area contributed by atoms with Crippen LogP contribution in [0.25, 0.3) is 0 Å². The number of ether oxygens (including phenoxy) is 1. The van der Waals surface area contributed by atoms with Crippen molar-refractivity contribution in [1.82, 2.24) is 10.2 Å². The number of carboxylic acid groups (broad SMARTS) is 1. The summed E-state index contributed by atoms with van der Waals surface area (Å²) in [6.07, 6.45) is 0. The van der Waals surface area contributed by atoms with E-state index in [0.29, 0.717) is 5.75 Å². The monoisotopic (exact) mass is 289 g/mol. The van der Waals surface area contributed by atoms with E-state index in [0.717, 1.165) is 11.1 Å². The van der Waals surface area contributed by atoms with Gasteiger partial charge in [0.15, 0.2) is 12.4 Å². The van der Waals surface area contributed by atoms with E-state index in [-0.39, 0.29) is 18.1 Å². The fraction of sp³-hybridized carbons (Fsp3) is 0.214. The standard InChI is InChI=1S/C14H15N3O4/c1-8-3-9(2)5-10(4-8)21-7-13(18)15-12-6-11(14(19)20)16-17-12/h3-6H,7H2,1-2H3,(H,19,20)(H2,15,16,17,18). The number of rotatable bonds is 5. The number of aromatic nitrogens is 2. The average molecular weight is 289 g/mol. The first-order chi connectivity index (χ1) is 9.94. The quantitative estimate of drug-likeness (QED) is 0.777. The molecule has 110 valence electrons. The van der Waals surface area contributed by atoms with Gasteiger partial charge in [-0.2, -0.15) is 5.10 Å². The molecule has 0 spiro atoms. The number of carboxylic acids is 1. The second-order valence-corrected chi connectivity index (χ2v) is 4.63. The van der Waals surface area contributed by atoms with Crippen molar-refractivity contribution in [1.29, 1.82) is 0 Å². The lowest BCUT2D eigenvalue weighted by Gasteiger charge is -2.07. The predicted octanol–water partition coefficient (Wildman–Crippen LogP) is 1.74. The zero-order chi connectivity index (χ0) is 15.4. The minimum absolute atomic E-state index is 0.0967. The first-order valence-electron chi connectivity index (χ1n) is 6.23. The topological polar surface area (TPSA) is 104 Å². The SMILES string of the molecule is Cc1cc(C)cc(OCC(=O)Nc2cc(C(=O)O)[nH]n2)c1. The van der Waals surface area contributed by atoms with Gasteiger partial charge in [-0.05, 0) is 37.1 Å². The lowest BCUT2D eigenvalue weighted by atomic mass is 10.1. The van der Waals surface area contributed by atoms with Crippen LogP contribution in [0, 0.1) is 13.8 Å². The molecule has 0 aliphatic rings. The average Bonchev–Trinajstić information content (AvgIpc) is 2.84. The molecule has 7 heteroatoms. The van der Waals surface area contributed by atoms with Crippen LogP contribution in [0.2, 0.25) is 0 Å². The third kappa shape index (κ3) is 4.07. The van der Waals surface area contributed by atoms with Gasteiger partial charge in [0.05, 0.1) is 0 Å². The number of H-pyrrole nitrogens is 1. The van der Waals surface area contributed by atoms with E-state index in [2.05, 4.69) is 15.5 Å². The van der Waals surface area contributed by atoms with Gasteiger partial charge in [-0.1, -0.05) is 6.07 Å². The number of aromatic amines is 1. The largest absolute Gasteiger partial charge is 0.484 e. The summed E-state index contributed by atoms with van der Waals surface area (Å²) in [7, 11) is 0. The number of anilines is 1. The number of carbonyl (C=O) groups excluding carboxylic acids is 1. The van der Waals surface area contributed by atoms with Crippen LogP contribution < -0.4 is 10.1 Å². The van der Waals surface area contributed by atoms with Crippen LogP contribution in [-0.4, -0.2) is 33.8 Å². The molecule has 0 radical (unpaired) electrons. The Balaban J connectivity index is 1.90. The third-order valence-electron chi connectivity index (χ3n) is 2.64. The van der Waals surface area contributed by atoms with Gasteiger partial charge in [0.25, 0.3) is 5.91 Å². The van der Waals surface area contributed by atoms with E-state index in [9.17, 15) is 9.59 Å². The van der Waals surface area contributed by atoms with Gasteiger partial charge in [-0.25, -0.2) is 4.79 Å². The summed E-state index contributed by atoms with van der Waals surface area (Å²) < 4.78 is 5.39. The Bertz CT molecular complexity index is 658. The highest BCUT2D eigenvalue weighted by atomic mass is 16.5. The summed E-state index contributed by atoms with van der Waals surface area (Å²) in [5.41, 5.74) is 1.99. The first-order valence-corrected chi connectivity index (χ1v) is 6.23. The summed E-state index contributed by atoms with van der Waals surface area (Å²) in [5.74, 6) is -0.815. The predicted molar refractivity (Wildman–Crippen MR) is 75.6 cm³/mol. The molecule has 0 atom stereocenters. The highest BCUT2D eigenvalue weighted by Crippen LogP contribution is 2.16. The lowest BCUT2D eigenvalue weighted by molar-refractivity contribution is -0.118. The number of hydrogen-bond donors (Lipinski definition) is 3. The Morgan fingerprint density at radius 2 is 1.90 bits per heavy atom. The van der Waals surface area contributed by atoms with Crippen molar-refractivity contribution < 1.29 is 19.4 Å². The van der Waals surface area contributed by atoms with Crippen molar-refractivity contribution in [3.8, 4) is 5.75 Å². The van der Waals surface area contributed by atoms with E-state index < -0.39 is 11.9 Å². The molecule has 1 amide bonds. The van der Waals surface area contributed by atoms with Crippen molar-refractivity contribution in [3.05, 3.63) is 41.1 Å². The smallest absolute Gasteiger partial charge is 0.353 e. The van der Waals surface area contributed by atoms with E-state index in [1.165, 1.54) is 6.07 Å². The summed E-state index contributed by atoms with van der Waals surface area (Å²) in [5, 5.41) is 17.1. The van der Waals surface area contributed by atoms with Crippen LogP contribution in [0.15, 0.2) is 24.3 Å². The summed E-state index contributed by atoms with van der Waals surface area (Å²) >= 11 is 0. The van der Waals surface area contributed by atoms with Gasteiger partial charge in [0.2, 0.25) is 0 Å². The van der Waals surface area contributed by atoms with Crippen molar-refractivity contribution in [2.75, 3.05) is 11.9 Å². The molecule has 3 N–H and O–H groups in total. The zero-order valence-corrected chi connectivity index (χ0v) is 11.6. The first kappa shape index (κ1) is 14.6. The second kappa shape index (κ2) is 6.08. The normalized spacial score (nSPS) is 10.2. The molecule has 21 heavy (non-hydrogen) atoms. The number of nitrogens with one attached hydrogen (secondary N) is 2. The maximum atomic E-state index is 11.7. The van der Waals surface area contributed by atoms with Gasteiger partial charge in [0.1, 0.15) is 11.4 Å². The second-order valence-electron chi connectivity index (χ2n) is 4.63. The van der Waals surface area contributed by atoms with Crippen LogP contribution >= 0.6 is 0 Å². The minimum atomic E-state index is -1.14. The van der Waals surface area contributed by atoms with Gasteiger partial charge in [-0.15, -0.1) is 0 Å². The number of amides is 1. The highest BCUT2D eigenvalue weighted by molar-refractivity contribution is 5.93. The molecular weight excluding hydrogens is 274 g/mol. The van der Waals surface area contributed by atoms with Crippen LogP contribution in [-0.2, 0) is 4.79 Å². The zero-order valence-electron chi connectivity index (χ0n) is 11.6. The molecule has 0 aliphatic carbocycles. The lowest BCUT2D eigenvalue weighted by Crippen LogP contribution is -2.20. The van der Waals surface area contributed by atoms with Crippen molar-refractivity contribution in [2.45, 2.75) is 13.8 Å². The Kier molecular flexibility index (Phi) is 4.22. The minimum Gasteiger partial charge on any atom is -0.484 e. The maximum absolute atomic E-state index is 11.7. The fourth-order valence-electron chi connectivity index (χ4n) is 1.84. The third-order valence-corrected chi connectivity index (χ3v) is 2.64. The van der Waals surface area contributed by atoms with E-state index in [1.54, 1.807) is 0 Å². The number of carbonyl (C=O) groups is 2. The van der Waals surface area contributed by atoms with Crippen LogP contribution in [0.1, 0.15) is 21.6 Å². The van der Waals surface area contributed by atoms with Gasteiger partial charge in [-0.3, -0.25) is 9.89 Å². The molecule has 0 bridgehead atoms. The van der Waals surface area contributed by atoms with E-state index >= 15 is 0 Å². The number of nitrogens with zero attached hydrogens (tertiary/aromatic N) is 1. The van der Waals surface area contributed by atoms with Gasteiger partial charge in [0, 0.05) is 6.07 Å². The number of aromatic carboxylic acids is 1. The number of benzene rings is 1. The molecule has 1 aromatic carbocycles. The number of hydrogen-bond acceptors (Lipinski definition) is 4. The molecule has 0 fully saturated rings. The summed E-state index contributed by atoms with van der Waals surface area (Å²) in [6.45, 7) is 3.70. The molecule has 0 unspecified atom stereocenters. The summed E-state index contributed by atoms with van der Waals surface area (Å²) in [4.78, 5) is 22.4. The Morgan fingerprint density at radius 1 is 1.24 bits per heavy atom. The molecule has 0 aliphatic heterocycles. The highest BCUT2D eigenvalue weighted by Gasteiger charge is 2.10. The molecule has 0 saturated carbocycles. The van der Waals surface area contributed by atoms with E-state index in [4.69, 9.17) is 9.84 Å².